The van der Waals surface area contributed by atoms with E-state index in [0.717, 1.165) is 58.8 Å². The van der Waals surface area contributed by atoms with Crippen molar-refractivity contribution in [2.75, 3.05) is 58.9 Å². The van der Waals surface area contributed by atoms with Crippen molar-refractivity contribution in [3.8, 4) is 0 Å². The van der Waals surface area contributed by atoms with Gasteiger partial charge in [-0.2, -0.15) is 0 Å². The third-order valence-corrected chi connectivity index (χ3v) is 3.40. The minimum atomic E-state index is 0.477. The monoisotopic (exact) mass is 258 g/mol. The number of rotatable bonds is 9. The molecule has 0 radical (unpaired) electrons. The molecule has 1 aliphatic heterocycles. The Morgan fingerprint density at radius 1 is 1.28 bits per heavy atom. The van der Waals surface area contributed by atoms with Gasteiger partial charge in [-0.05, 0) is 13.0 Å². The van der Waals surface area contributed by atoms with Gasteiger partial charge < -0.3 is 22.1 Å². The molecule has 0 aliphatic carbocycles. The molecule has 1 rings (SSSR count). The number of likely N-dealkylation sites (N-methyl/N-ethyl adjacent to an activating group) is 1. The standard InChI is InChI=1S/C12H30N6/c1-2-18(17-9-7-15-8-10-17)12(3-4-13)11-16-6-5-14/h12,15-16H,2-11,13-14H2,1H3. The number of nitrogens with one attached hydrogen (secondary N) is 2. The van der Waals surface area contributed by atoms with Crippen molar-refractivity contribution in [2.24, 2.45) is 11.5 Å². The molecular formula is C12H30N6. The molecule has 108 valence electrons. The number of hydrogen-bond acceptors (Lipinski definition) is 6. The van der Waals surface area contributed by atoms with Crippen LogP contribution in [0.2, 0.25) is 0 Å². The maximum atomic E-state index is 5.75. The Balaban J connectivity index is 2.48. The van der Waals surface area contributed by atoms with Gasteiger partial charge in [0.25, 0.3) is 0 Å². The van der Waals surface area contributed by atoms with Crippen molar-refractivity contribution in [1.82, 2.24) is 20.7 Å². The Bertz CT molecular complexity index is 195. The Hall–Kier alpha value is -0.240. The average Bonchev–Trinajstić information content (AvgIpc) is 2.41. The lowest BCUT2D eigenvalue weighted by Gasteiger charge is -2.42. The van der Waals surface area contributed by atoms with Crippen molar-refractivity contribution in [2.45, 2.75) is 19.4 Å². The van der Waals surface area contributed by atoms with Crippen LogP contribution in [-0.2, 0) is 0 Å². The molecule has 18 heavy (non-hydrogen) atoms. The van der Waals surface area contributed by atoms with Gasteiger partial charge in [-0.25, -0.2) is 10.0 Å². The first-order valence-electron chi connectivity index (χ1n) is 7.16. The van der Waals surface area contributed by atoms with E-state index >= 15 is 0 Å². The largest absolute Gasteiger partial charge is 0.330 e. The van der Waals surface area contributed by atoms with E-state index in [1.807, 2.05) is 0 Å². The Morgan fingerprint density at radius 3 is 2.56 bits per heavy atom. The van der Waals surface area contributed by atoms with Gasteiger partial charge in [0.15, 0.2) is 0 Å². The van der Waals surface area contributed by atoms with E-state index in [1.165, 1.54) is 0 Å². The highest BCUT2D eigenvalue weighted by molar-refractivity contribution is 4.76. The zero-order chi connectivity index (χ0) is 13.2. The third kappa shape index (κ3) is 5.17. The van der Waals surface area contributed by atoms with Gasteiger partial charge in [0.2, 0.25) is 0 Å². The Labute approximate surface area is 111 Å². The minimum absolute atomic E-state index is 0.477. The molecule has 0 aromatic rings. The summed E-state index contributed by atoms with van der Waals surface area (Å²) in [6, 6.07) is 0.477. The maximum absolute atomic E-state index is 5.75. The average molecular weight is 258 g/mol. The molecular weight excluding hydrogens is 228 g/mol. The molecule has 1 fully saturated rings. The minimum Gasteiger partial charge on any atom is -0.330 e. The summed E-state index contributed by atoms with van der Waals surface area (Å²) in [5.74, 6) is 0. The van der Waals surface area contributed by atoms with E-state index in [4.69, 9.17) is 11.5 Å². The van der Waals surface area contributed by atoms with E-state index in [9.17, 15) is 0 Å². The van der Waals surface area contributed by atoms with Crippen LogP contribution in [0.5, 0.6) is 0 Å². The molecule has 0 spiro atoms. The molecule has 0 bridgehead atoms. The molecule has 6 nitrogen and oxygen atoms in total. The first kappa shape index (κ1) is 15.8. The summed E-state index contributed by atoms with van der Waals surface area (Å²) in [5, 5.41) is 11.7. The van der Waals surface area contributed by atoms with Crippen LogP contribution in [0.1, 0.15) is 13.3 Å². The van der Waals surface area contributed by atoms with Gasteiger partial charge in [0.1, 0.15) is 0 Å². The summed E-state index contributed by atoms with van der Waals surface area (Å²) in [6.45, 7) is 10.8. The van der Waals surface area contributed by atoms with Crippen LogP contribution in [0.3, 0.4) is 0 Å². The molecule has 1 aliphatic rings. The summed E-state index contributed by atoms with van der Waals surface area (Å²) in [6.07, 6.45) is 1.02. The maximum Gasteiger partial charge on any atom is 0.0382 e. The molecule has 0 amide bonds. The van der Waals surface area contributed by atoms with E-state index in [2.05, 4.69) is 27.6 Å². The molecule has 1 unspecified atom stereocenters. The summed E-state index contributed by atoms with van der Waals surface area (Å²) in [7, 11) is 0. The molecule has 1 saturated heterocycles. The highest BCUT2D eigenvalue weighted by atomic mass is 15.6. The lowest BCUT2D eigenvalue weighted by Crippen LogP contribution is -2.58. The van der Waals surface area contributed by atoms with Crippen molar-refractivity contribution >= 4 is 0 Å². The Morgan fingerprint density at radius 2 is 2.00 bits per heavy atom. The summed E-state index contributed by atoms with van der Waals surface area (Å²) in [5.41, 5.74) is 11.3. The van der Waals surface area contributed by atoms with Crippen LogP contribution in [0.4, 0.5) is 0 Å². The van der Waals surface area contributed by atoms with Gasteiger partial charge in [-0.3, -0.25) is 0 Å². The van der Waals surface area contributed by atoms with Gasteiger partial charge in [-0.1, -0.05) is 6.92 Å². The van der Waals surface area contributed by atoms with E-state index in [1.54, 1.807) is 0 Å². The molecule has 6 heteroatoms. The van der Waals surface area contributed by atoms with Gasteiger partial charge >= 0.3 is 0 Å². The number of hydrogen-bond donors (Lipinski definition) is 4. The quantitative estimate of drug-likeness (QED) is 0.373. The molecule has 0 aromatic carbocycles. The number of piperazine rings is 1. The normalized spacial score (nSPS) is 19.3. The first-order chi connectivity index (χ1) is 8.83. The molecule has 0 aromatic heterocycles. The molecule has 0 saturated carbocycles. The van der Waals surface area contributed by atoms with Crippen molar-refractivity contribution < 1.29 is 0 Å². The summed E-state index contributed by atoms with van der Waals surface area (Å²) in [4.78, 5) is 0. The lowest BCUT2D eigenvalue weighted by atomic mass is 10.2. The first-order valence-corrected chi connectivity index (χ1v) is 7.16. The second-order valence-corrected chi connectivity index (χ2v) is 4.68. The third-order valence-electron chi connectivity index (χ3n) is 3.40. The Kier molecular flexibility index (Phi) is 8.49. The van der Waals surface area contributed by atoms with E-state index in [0.29, 0.717) is 12.6 Å². The highest BCUT2D eigenvalue weighted by Gasteiger charge is 2.23. The lowest BCUT2D eigenvalue weighted by molar-refractivity contribution is -0.0651. The van der Waals surface area contributed by atoms with Crippen LogP contribution >= 0.6 is 0 Å². The number of hydrazine groups is 1. The van der Waals surface area contributed by atoms with E-state index in [-0.39, 0.29) is 0 Å². The van der Waals surface area contributed by atoms with Crippen LogP contribution in [0, 0.1) is 0 Å². The fraction of sp³-hybridized carbons (Fsp3) is 1.00. The molecule has 6 N–H and O–H groups in total. The fourth-order valence-electron chi connectivity index (χ4n) is 2.52. The van der Waals surface area contributed by atoms with Crippen molar-refractivity contribution in [1.29, 1.82) is 0 Å². The van der Waals surface area contributed by atoms with Crippen LogP contribution in [0.25, 0.3) is 0 Å². The second kappa shape index (κ2) is 9.66. The molecule has 1 atom stereocenters. The smallest absolute Gasteiger partial charge is 0.0382 e. The number of nitrogens with zero attached hydrogens (tertiary/aromatic N) is 2. The van der Waals surface area contributed by atoms with Gasteiger partial charge in [0, 0.05) is 58.4 Å². The highest BCUT2D eigenvalue weighted by Crippen LogP contribution is 2.08. The van der Waals surface area contributed by atoms with Crippen molar-refractivity contribution in [3.63, 3.8) is 0 Å². The predicted octanol–water partition coefficient (Wildman–Crippen LogP) is -1.61. The zero-order valence-electron chi connectivity index (χ0n) is 11.7. The predicted molar refractivity (Wildman–Crippen MR) is 76.2 cm³/mol. The SMILES string of the molecule is CCN(C(CCN)CNCCN)N1CCNCC1. The topological polar surface area (TPSA) is 82.6 Å². The van der Waals surface area contributed by atoms with Gasteiger partial charge in [0.05, 0.1) is 0 Å². The van der Waals surface area contributed by atoms with E-state index < -0.39 is 0 Å². The summed E-state index contributed by atoms with van der Waals surface area (Å²) < 4.78 is 0. The van der Waals surface area contributed by atoms with Crippen LogP contribution in [-0.4, -0.2) is 75.0 Å². The fourth-order valence-corrected chi connectivity index (χ4v) is 2.52. The second-order valence-electron chi connectivity index (χ2n) is 4.68. The molecule has 1 heterocycles. The summed E-state index contributed by atoms with van der Waals surface area (Å²) >= 11 is 0. The van der Waals surface area contributed by atoms with Crippen LogP contribution < -0.4 is 22.1 Å². The zero-order valence-corrected chi connectivity index (χ0v) is 11.7. The van der Waals surface area contributed by atoms with Crippen LogP contribution in [0.15, 0.2) is 0 Å². The number of nitrogens with two attached hydrogens (primary N) is 2. The van der Waals surface area contributed by atoms with Crippen molar-refractivity contribution in [3.05, 3.63) is 0 Å². The van der Waals surface area contributed by atoms with Gasteiger partial charge in [-0.15, -0.1) is 0 Å².